The molecule has 0 amide bonds. The van der Waals surface area contributed by atoms with Gasteiger partial charge in [0.25, 0.3) is 0 Å². The van der Waals surface area contributed by atoms with Crippen molar-refractivity contribution in [3.63, 3.8) is 0 Å². The number of hydrogen-bond donors (Lipinski definition) is 2. The highest BCUT2D eigenvalue weighted by Crippen LogP contribution is 2.22. The van der Waals surface area contributed by atoms with Crippen molar-refractivity contribution >= 4 is 38.8 Å². The largest absolute Gasteiger partial charge is 0.389 e. The Morgan fingerprint density at radius 1 is 1.21 bits per heavy atom. The fraction of sp³-hybridized carbons (Fsp3) is 0.133. The monoisotopic (exact) mass is 334 g/mol. The van der Waals surface area contributed by atoms with Crippen LogP contribution in [0.15, 0.2) is 46.9 Å². The summed E-state index contributed by atoms with van der Waals surface area (Å²) < 4.78 is 0.999. The number of thiocarbonyl (C=S) groups is 1. The second-order valence-corrected chi connectivity index (χ2v) is 5.75. The Balaban J connectivity index is 2.16. The van der Waals surface area contributed by atoms with E-state index < -0.39 is 0 Å². The van der Waals surface area contributed by atoms with Crippen LogP contribution in [-0.4, -0.2) is 4.99 Å². The third-order valence-corrected chi connectivity index (χ3v) is 3.56. The summed E-state index contributed by atoms with van der Waals surface area (Å²) in [5.74, 6) is 0. The molecular weight excluding hydrogens is 320 g/mol. The predicted octanol–water partition coefficient (Wildman–Crippen LogP) is 4.00. The van der Waals surface area contributed by atoms with E-state index >= 15 is 0 Å². The topological polar surface area (TPSA) is 38.0 Å². The van der Waals surface area contributed by atoms with Gasteiger partial charge >= 0.3 is 0 Å². The Morgan fingerprint density at radius 3 is 2.53 bits per heavy atom. The molecule has 0 aliphatic heterocycles. The quantitative estimate of drug-likeness (QED) is 0.830. The van der Waals surface area contributed by atoms with Crippen molar-refractivity contribution < 1.29 is 0 Å². The van der Waals surface area contributed by atoms with E-state index in [0.29, 0.717) is 4.99 Å². The Labute approximate surface area is 127 Å². The van der Waals surface area contributed by atoms with E-state index in [0.717, 1.165) is 22.3 Å². The van der Waals surface area contributed by atoms with Gasteiger partial charge in [-0.2, -0.15) is 0 Å². The molecule has 2 rings (SSSR count). The number of rotatable bonds is 4. The second-order valence-electron chi connectivity index (χ2n) is 4.39. The lowest BCUT2D eigenvalue weighted by Crippen LogP contribution is -2.13. The van der Waals surface area contributed by atoms with Crippen LogP contribution in [0.4, 0.5) is 5.69 Å². The van der Waals surface area contributed by atoms with E-state index in [-0.39, 0.29) is 0 Å². The lowest BCUT2D eigenvalue weighted by molar-refractivity contribution is 1.14. The van der Waals surface area contributed by atoms with Crippen LogP contribution in [0.2, 0.25) is 0 Å². The summed E-state index contributed by atoms with van der Waals surface area (Å²) in [7, 11) is 0. The molecule has 0 atom stereocenters. The van der Waals surface area contributed by atoms with Crippen molar-refractivity contribution in [2.75, 3.05) is 5.32 Å². The van der Waals surface area contributed by atoms with E-state index in [1.165, 1.54) is 11.1 Å². The third-order valence-electron chi connectivity index (χ3n) is 2.85. The standard InChI is InChI=1S/C15H15BrN2S/c1-10-2-4-11(5-3-10)9-18-14-8-12(16)6-7-13(14)15(17)19/h2-8,18H,9H2,1H3,(H2,17,19). The molecule has 0 unspecified atom stereocenters. The van der Waals surface area contributed by atoms with Crippen LogP contribution in [0.25, 0.3) is 0 Å². The van der Waals surface area contributed by atoms with E-state index in [9.17, 15) is 0 Å². The molecule has 0 radical (unpaired) electrons. The van der Waals surface area contributed by atoms with Crippen LogP contribution in [0, 0.1) is 6.92 Å². The van der Waals surface area contributed by atoms with Crippen LogP contribution < -0.4 is 11.1 Å². The molecular formula is C15H15BrN2S. The Kier molecular flexibility index (Phi) is 4.56. The number of nitrogens with two attached hydrogens (primary N) is 1. The number of benzene rings is 2. The summed E-state index contributed by atoms with van der Waals surface area (Å²) in [5.41, 5.74) is 10.0. The van der Waals surface area contributed by atoms with Crippen molar-refractivity contribution in [3.8, 4) is 0 Å². The van der Waals surface area contributed by atoms with Gasteiger partial charge in [-0.05, 0) is 30.7 Å². The van der Waals surface area contributed by atoms with Gasteiger partial charge in [-0.3, -0.25) is 0 Å². The lowest BCUT2D eigenvalue weighted by Gasteiger charge is -2.12. The lowest BCUT2D eigenvalue weighted by atomic mass is 10.1. The first kappa shape index (κ1) is 14.0. The fourth-order valence-corrected chi connectivity index (χ4v) is 2.32. The van der Waals surface area contributed by atoms with Crippen LogP contribution in [0.5, 0.6) is 0 Å². The summed E-state index contributed by atoms with van der Waals surface area (Å²) in [5, 5.41) is 3.37. The maximum absolute atomic E-state index is 5.73. The predicted molar refractivity (Wildman–Crippen MR) is 88.5 cm³/mol. The van der Waals surface area contributed by atoms with E-state index in [2.05, 4.69) is 52.4 Å². The highest BCUT2D eigenvalue weighted by molar-refractivity contribution is 9.10. The van der Waals surface area contributed by atoms with Gasteiger partial charge in [-0.15, -0.1) is 0 Å². The zero-order valence-corrected chi connectivity index (χ0v) is 13.0. The molecule has 0 aromatic heterocycles. The fourth-order valence-electron chi connectivity index (χ4n) is 1.78. The molecule has 98 valence electrons. The van der Waals surface area contributed by atoms with Crippen molar-refractivity contribution in [3.05, 3.63) is 63.6 Å². The smallest absolute Gasteiger partial charge is 0.106 e. The number of nitrogens with one attached hydrogen (secondary N) is 1. The molecule has 2 aromatic carbocycles. The molecule has 0 spiro atoms. The third kappa shape index (κ3) is 3.78. The highest BCUT2D eigenvalue weighted by Gasteiger charge is 2.05. The number of halogens is 1. The SMILES string of the molecule is Cc1ccc(CNc2cc(Br)ccc2C(N)=S)cc1. The maximum atomic E-state index is 5.73. The molecule has 0 bridgehead atoms. The molecule has 2 nitrogen and oxygen atoms in total. The summed E-state index contributed by atoms with van der Waals surface area (Å²) >= 11 is 8.52. The molecule has 0 fully saturated rings. The van der Waals surface area contributed by atoms with Crippen LogP contribution >= 0.6 is 28.1 Å². The van der Waals surface area contributed by atoms with Crippen molar-refractivity contribution in [2.45, 2.75) is 13.5 Å². The van der Waals surface area contributed by atoms with Gasteiger partial charge in [0.15, 0.2) is 0 Å². The average molecular weight is 335 g/mol. The van der Waals surface area contributed by atoms with Crippen molar-refractivity contribution in [1.82, 2.24) is 0 Å². The Morgan fingerprint density at radius 2 is 1.89 bits per heavy atom. The molecule has 0 saturated carbocycles. The zero-order chi connectivity index (χ0) is 13.8. The van der Waals surface area contributed by atoms with Crippen LogP contribution in [0.1, 0.15) is 16.7 Å². The zero-order valence-electron chi connectivity index (χ0n) is 10.6. The first-order chi connectivity index (χ1) is 9.06. The molecule has 0 aliphatic carbocycles. The number of anilines is 1. The number of hydrogen-bond acceptors (Lipinski definition) is 2. The van der Waals surface area contributed by atoms with Gasteiger partial charge in [0.2, 0.25) is 0 Å². The van der Waals surface area contributed by atoms with Crippen LogP contribution in [-0.2, 0) is 6.54 Å². The minimum absolute atomic E-state index is 0.402. The van der Waals surface area contributed by atoms with Gasteiger partial charge < -0.3 is 11.1 Å². The average Bonchev–Trinajstić information content (AvgIpc) is 2.38. The summed E-state index contributed by atoms with van der Waals surface area (Å²) in [6.07, 6.45) is 0. The second kappa shape index (κ2) is 6.17. The molecule has 0 saturated heterocycles. The molecule has 3 N–H and O–H groups in total. The van der Waals surface area contributed by atoms with Gasteiger partial charge in [-0.1, -0.05) is 58.0 Å². The highest BCUT2D eigenvalue weighted by atomic mass is 79.9. The Hall–Kier alpha value is -1.39. The summed E-state index contributed by atoms with van der Waals surface area (Å²) in [6, 6.07) is 14.3. The minimum Gasteiger partial charge on any atom is -0.389 e. The Bertz CT molecular complexity index is 594. The van der Waals surface area contributed by atoms with Gasteiger partial charge in [0.1, 0.15) is 4.99 Å². The molecule has 4 heteroatoms. The summed E-state index contributed by atoms with van der Waals surface area (Å²) in [6.45, 7) is 2.82. The first-order valence-corrected chi connectivity index (χ1v) is 7.15. The molecule has 0 heterocycles. The summed E-state index contributed by atoms with van der Waals surface area (Å²) in [4.78, 5) is 0.402. The van der Waals surface area contributed by atoms with Gasteiger partial charge in [0, 0.05) is 22.3 Å². The van der Waals surface area contributed by atoms with Crippen molar-refractivity contribution in [1.29, 1.82) is 0 Å². The normalized spacial score (nSPS) is 10.2. The van der Waals surface area contributed by atoms with E-state index in [1.54, 1.807) is 0 Å². The van der Waals surface area contributed by atoms with E-state index in [4.69, 9.17) is 18.0 Å². The van der Waals surface area contributed by atoms with E-state index in [1.807, 2.05) is 18.2 Å². The molecule has 2 aromatic rings. The molecule has 0 aliphatic rings. The maximum Gasteiger partial charge on any atom is 0.106 e. The van der Waals surface area contributed by atoms with Gasteiger partial charge in [-0.25, -0.2) is 0 Å². The van der Waals surface area contributed by atoms with Crippen LogP contribution in [0.3, 0.4) is 0 Å². The van der Waals surface area contributed by atoms with Gasteiger partial charge in [0.05, 0.1) is 0 Å². The first-order valence-electron chi connectivity index (χ1n) is 5.95. The molecule has 19 heavy (non-hydrogen) atoms. The van der Waals surface area contributed by atoms with Crippen molar-refractivity contribution in [2.24, 2.45) is 5.73 Å². The number of aryl methyl sites for hydroxylation is 1. The minimum atomic E-state index is 0.402.